The van der Waals surface area contributed by atoms with Gasteiger partial charge in [-0.3, -0.25) is 4.79 Å². The second kappa shape index (κ2) is 11.4. The van der Waals surface area contributed by atoms with E-state index in [1.54, 1.807) is 18.4 Å². The van der Waals surface area contributed by atoms with E-state index in [0.717, 1.165) is 72.5 Å². The molecule has 1 saturated heterocycles. The molecule has 4 aromatic rings. The van der Waals surface area contributed by atoms with Crippen LogP contribution < -0.4 is 10.1 Å². The van der Waals surface area contributed by atoms with Crippen molar-refractivity contribution in [1.29, 1.82) is 0 Å². The number of benzene rings is 3. The number of piperidine rings is 1. The number of ether oxygens (including phenoxy) is 1. The molecule has 3 aromatic carbocycles. The van der Waals surface area contributed by atoms with Crippen LogP contribution in [0.4, 0.5) is 0 Å². The fraction of sp³-hybridized carbons (Fsp3) is 0.400. The molecule has 3 atom stereocenters. The first kappa shape index (κ1) is 27.0. The zero-order valence-electron chi connectivity index (χ0n) is 23.7. The SMILES string of the molecule is COc1cccc([C@]23CCN(CCCc4ccccc4)C[C@@]2(C)CC[C@@H](NC(=O)c2cc4ccccc4s2)C3)c1. The Bertz CT molecular complexity index is 1430. The molecule has 2 aliphatic rings. The Kier molecular flexibility index (Phi) is 7.69. The molecule has 0 unspecified atom stereocenters. The quantitative estimate of drug-likeness (QED) is 0.246. The molecule has 1 saturated carbocycles. The summed E-state index contributed by atoms with van der Waals surface area (Å²) in [4.78, 5) is 16.9. The number of carbonyl (C=O) groups excluding carboxylic acids is 1. The fourth-order valence-electron chi connectivity index (χ4n) is 7.40. The van der Waals surface area contributed by atoms with Crippen molar-refractivity contribution in [3.05, 3.63) is 101 Å². The number of nitrogens with zero attached hydrogens (tertiary/aromatic N) is 1. The van der Waals surface area contributed by atoms with E-state index in [1.807, 2.05) is 24.3 Å². The molecule has 4 nitrogen and oxygen atoms in total. The Morgan fingerprint density at radius 1 is 1.02 bits per heavy atom. The maximum absolute atomic E-state index is 13.4. The van der Waals surface area contributed by atoms with Gasteiger partial charge < -0.3 is 15.0 Å². The smallest absolute Gasteiger partial charge is 0.261 e. The summed E-state index contributed by atoms with van der Waals surface area (Å²) in [5, 5.41) is 4.60. The molecule has 0 bridgehead atoms. The van der Waals surface area contributed by atoms with E-state index in [0.29, 0.717) is 0 Å². The molecule has 1 aliphatic carbocycles. The van der Waals surface area contributed by atoms with Gasteiger partial charge in [0.15, 0.2) is 0 Å². The molecule has 6 rings (SSSR count). The zero-order chi connectivity index (χ0) is 27.6. The molecule has 40 heavy (non-hydrogen) atoms. The lowest BCUT2D eigenvalue weighted by molar-refractivity contribution is -0.0305. The third-order valence-electron chi connectivity index (χ3n) is 9.61. The third-order valence-corrected chi connectivity index (χ3v) is 10.7. The van der Waals surface area contributed by atoms with Gasteiger partial charge >= 0.3 is 0 Å². The minimum absolute atomic E-state index is 0.00612. The Balaban J connectivity index is 1.21. The summed E-state index contributed by atoms with van der Waals surface area (Å²) in [6, 6.07) is 30.0. The summed E-state index contributed by atoms with van der Waals surface area (Å²) < 4.78 is 6.83. The van der Waals surface area contributed by atoms with Crippen molar-refractivity contribution in [2.45, 2.75) is 56.9 Å². The summed E-state index contributed by atoms with van der Waals surface area (Å²) in [6.45, 7) is 5.80. The van der Waals surface area contributed by atoms with E-state index in [4.69, 9.17) is 4.74 Å². The van der Waals surface area contributed by atoms with E-state index >= 15 is 0 Å². The van der Waals surface area contributed by atoms with Crippen LogP contribution in [-0.2, 0) is 11.8 Å². The van der Waals surface area contributed by atoms with Crippen LogP contribution in [0, 0.1) is 5.41 Å². The summed E-state index contributed by atoms with van der Waals surface area (Å²) in [6.07, 6.45) is 6.47. The number of thiophene rings is 1. The maximum Gasteiger partial charge on any atom is 0.261 e. The minimum atomic E-state index is -0.00612. The number of rotatable bonds is 8. The highest BCUT2D eigenvalue weighted by Crippen LogP contribution is 2.57. The van der Waals surface area contributed by atoms with Gasteiger partial charge in [-0.15, -0.1) is 11.3 Å². The number of hydrogen-bond acceptors (Lipinski definition) is 4. The summed E-state index contributed by atoms with van der Waals surface area (Å²) in [5.74, 6) is 0.977. The van der Waals surface area contributed by atoms with E-state index in [1.165, 1.54) is 17.5 Å². The number of likely N-dealkylation sites (tertiary alicyclic amines) is 1. The number of amides is 1. The summed E-state index contributed by atoms with van der Waals surface area (Å²) >= 11 is 1.59. The summed E-state index contributed by atoms with van der Waals surface area (Å²) in [5.41, 5.74) is 2.90. The molecule has 1 aliphatic heterocycles. The highest BCUT2D eigenvalue weighted by Gasteiger charge is 2.55. The third kappa shape index (κ3) is 5.29. The monoisotopic (exact) mass is 552 g/mol. The second-order valence-electron chi connectivity index (χ2n) is 12.1. The van der Waals surface area contributed by atoms with Crippen molar-refractivity contribution in [3.8, 4) is 5.75 Å². The van der Waals surface area contributed by atoms with Crippen LogP contribution in [0.25, 0.3) is 10.1 Å². The predicted molar refractivity (Wildman–Crippen MR) is 166 cm³/mol. The lowest BCUT2D eigenvalue weighted by Gasteiger charge is -2.59. The van der Waals surface area contributed by atoms with Crippen LogP contribution in [0.1, 0.15) is 59.8 Å². The highest BCUT2D eigenvalue weighted by atomic mass is 32.1. The molecular weight excluding hydrogens is 512 g/mol. The van der Waals surface area contributed by atoms with Crippen LogP contribution in [0.2, 0.25) is 0 Å². The van der Waals surface area contributed by atoms with Crippen molar-refractivity contribution in [3.63, 3.8) is 0 Å². The van der Waals surface area contributed by atoms with E-state index < -0.39 is 0 Å². The van der Waals surface area contributed by atoms with E-state index in [-0.39, 0.29) is 22.8 Å². The molecule has 208 valence electrons. The average molecular weight is 553 g/mol. The van der Waals surface area contributed by atoms with Gasteiger partial charge in [-0.2, -0.15) is 0 Å². The van der Waals surface area contributed by atoms with Crippen LogP contribution in [-0.4, -0.2) is 43.6 Å². The second-order valence-corrected chi connectivity index (χ2v) is 13.1. The van der Waals surface area contributed by atoms with Gasteiger partial charge in [-0.05, 0) is 97.8 Å². The van der Waals surface area contributed by atoms with Crippen LogP contribution in [0.15, 0.2) is 84.9 Å². The van der Waals surface area contributed by atoms with Gasteiger partial charge in [0.05, 0.1) is 12.0 Å². The Hall–Kier alpha value is -3.15. The van der Waals surface area contributed by atoms with Crippen molar-refractivity contribution >= 4 is 27.3 Å². The number of methoxy groups -OCH3 is 1. The molecular formula is C35H40N2O2S. The normalized spacial score (nSPS) is 24.9. The average Bonchev–Trinajstić information content (AvgIpc) is 3.43. The van der Waals surface area contributed by atoms with E-state index in [9.17, 15) is 4.79 Å². The number of hydrogen-bond donors (Lipinski definition) is 1. The van der Waals surface area contributed by atoms with Crippen LogP contribution in [0.5, 0.6) is 5.75 Å². The molecule has 0 spiro atoms. The van der Waals surface area contributed by atoms with E-state index in [2.05, 4.69) is 77.8 Å². The number of aryl methyl sites for hydroxylation is 1. The zero-order valence-corrected chi connectivity index (χ0v) is 24.5. The first-order valence-electron chi connectivity index (χ1n) is 14.7. The molecule has 2 fully saturated rings. The molecule has 0 radical (unpaired) electrons. The van der Waals surface area contributed by atoms with Crippen LogP contribution >= 0.6 is 11.3 Å². The molecule has 5 heteroatoms. The van der Waals surface area contributed by atoms with Gasteiger partial charge in [-0.25, -0.2) is 0 Å². The highest BCUT2D eigenvalue weighted by molar-refractivity contribution is 7.20. The van der Waals surface area contributed by atoms with Gasteiger partial charge in [0.2, 0.25) is 0 Å². The number of nitrogens with one attached hydrogen (secondary N) is 1. The fourth-order valence-corrected chi connectivity index (χ4v) is 8.37. The first-order chi connectivity index (χ1) is 19.5. The minimum Gasteiger partial charge on any atom is -0.497 e. The van der Waals surface area contributed by atoms with Gasteiger partial charge in [-0.1, -0.05) is 67.6 Å². The van der Waals surface area contributed by atoms with Crippen molar-refractivity contribution < 1.29 is 9.53 Å². The van der Waals surface area contributed by atoms with Gasteiger partial charge in [0.25, 0.3) is 5.91 Å². The predicted octanol–water partition coefficient (Wildman–Crippen LogP) is 7.48. The largest absolute Gasteiger partial charge is 0.497 e. The van der Waals surface area contributed by atoms with Crippen molar-refractivity contribution in [2.24, 2.45) is 5.41 Å². The lowest BCUT2D eigenvalue weighted by Crippen LogP contribution is -2.61. The molecule has 1 amide bonds. The number of carbonyl (C=O) groups is 1. The van der Waals surface area contributed by atoms with Crippen molar-refractivity contribution in [2.75, 3.05) is 26.7 Å². The van der Waals surface area contributed by atoms with Gasteiger partial charge in [0, 0.05) is 22.7 Å². The lowest BCUT2D eigenvalue weighted by atomic mass is 9.50. The molecule has 2 heterocycles. The molecule has 1 N–H and O–H groups in total. The maximum atomic E-state index is 13.4. The van der Waals surface area contributed by atoms with Crippen molar-refractivity contribution in [1.82, 2.24) is 10.2 Å². The van der Waals surface area contributed by atoms with Gasteiger partial charge in [0.1, 0.15) is 5.75 Å². The Labute approximate surface area is 242 Å². The Morgan fingerprint density at radius 3 is 2.67 bits per heavy atom. The van der Waals surface area contributed by atoms with Crippen LogP contribution in [0.3, 0.4) is 0 Å². The molecule has 1 aromatic heterocycles. The topological polar surface area (TPSA) is 41.6 Å². The number of fused-ring (bicyclic) bond motifs is 2. The summed E-state index contributed by atoms with van der Waals surface area (Å²) in [7, 11) is 1.75. The standard InChI is InChI=1S/C35H40N2O2S/c1-34-18-17-29(36-33(38)32-22-27-13-6-7-16-31(27)40-32)24-35(34,28-14-8-15-30(23-28)39-2)19-21-37(25-34)20-9-12-26-10-4-3-5-11-26/h3-8,10-11,13-16,22-23,29H,9,12,17-21,24-25H2,1-2H3,(H,36,38)/t29-,34-,35-/m1/s1. The first-order valence-corrected chi connectivity index (χ1v) is 15.5. The Morgan fingerprint density at radius 2 is 1.85 bits per heavy atom.